The van der Waals surface area contributed by atoms with E-state index in [1.54, 1.807) is 11.8 Å². The highest BCUT2D eigenvalue weighted by Crippen LogP contribution is 2.25. The van der Waals surface area contributed by atoms with Crippen molar-refractivity contribution in [2.24, 2.45) is 5.92 Å². The minimum absolute atomic E-state index is 0.319. The molecule has 5 nitrogen and oxygen atoms in total. The van der Waals surface area contributed by atoms with Gasteiger partial charge in [0.25, 0.3) is 0 Å². The van der Waals surface area contributed by atoms with Crippen LogP contribution < -0.4 is 11.1 Å². The zero-order valence-electron chi connectivity index (χ0n) is 9.81. The van der Waals surface area contributed by atoms with Gasteiger partial charge in [0.2, 0.25) is 5.95 Å². The van der Waals surface area contributed by atoms with Crippen LogP contribution in [0.4, 0.5) is 5.95 Å². The van der Waals surface area contributed by atoms with Crippen LogP contribution in [0, 0.1) is 5.92 Å². The monoisotopic (exact) mass is 241 g/mol. The van der Waals surface area contributed by atoms with E-state index in [0.717, 1.165) is 29.9 Å². The molecule has 2 rings (SSSR count). The largest absolute Gasteiger partial charge is 0.368 e. The van der Waals surface area contributed by atoms with Crippen LogP contribution in [0.1, 0.15) is 26.3 Å². The first kappa shape index (κ1) is 11.7. The fourth-order valence-electron chi connectivity index (χ4n) is 1.92. The second-order valence-electron chi connectivity index (χ2n) is 4.47. The summed E-state index contributed by atoms with van der Waals surface area (Å²) in [5.41, 5.74) is 5.79. The molecule has 1 aliphatic heterocycles. The third-order valence-electron chi connectivity index (χ3n) is 2.82. The molecule has 3 N–H and O–H groups in total. The molecule has 90 valence electrons. The summed E-state index contributed by atoms with van der Waals surface area (Å²) < 4.78 is 1.99. The SMILES string of the molecule is CC(C)n1c(N)nnc1SCC1CCNC1. The molecule has 0 aromatic carbocycles. The number of thioether (sulfide) groups is 1. The Kier molecular flexibility index (Phi) is 3.70. The van der Waals surface area contributed by atoms with Gasteiger partial charge in [-0.05, 0) is 39.3 Å². The lowest BCUT2D eigenvalue weighted by atomic mass is 10.2. The van der Waals surface area contributed by atoms with E-state index in [4.69, 9.17) is 5.73 Å². The Labute approximate surface area is 100 Å². The molecule has 1 atom stereocenters. The molecule has 0 bridgehead atoms. The average Bonchev–Trinajstić information content (AvgIpc) is 2.83. The van der Waals surface area contributed by atoms with Crippen molar-refractivity contribution in [3.63, 3.8) is 0 Å². The third-order valence-corrected chi connectivity index (χ3v) is 3.99. The molecule has 1 saturated heterocycles. The molecule has 0 radical (unpaired) electrons. The number of nitrogens with one attached hydrogen (secondary N) is 1. The number of nitrogens with zero attached hydrogens (tertiary/aromatic N) is 3. The molecular formula is C10H19N5S. The second kappa shape index (κ2) is 5.05. The maximum absolute atomic E-state index is 5.79. The van der Waals surface area contributed by atoms with Gasteiger partial charge in [-0.15, -0.1) is 10.2 Å². The number of nitrogens with two attached hydrogens (primary N) is 1. The van der Waals surface area contributed by atoms with Gasteiger partial charge in [0.05, 0.1) is 0 Å². The highest BCUT2D eigenvalue weighted by Gasteiger charge is 2.18. The van der Waals surface area contributed by atoms with Crippen molar-refractivity contribution in [1.82, 2.24) is 20.1 Å². The van der Waals surface area contributed by atoms with E-state index in [2.05, 4.69) is 29.4 Å². The molecule has 2 heterocycles. The van der Waals surface area contributed by atoms with Gasteiger partial charge in [-0.2, -0.15) is 0 Å². The van der Waals surface area contributed by atoms with E-state index < -0.39 is 0 Å². The molecule has 0 amide bonds. The Morgan fingerprint density at radius 3 is 3.00 bits per heavy atom. The molecule has 6 heteroatoms. The number of aromatic nitrogens is 3. The van der Waals surface area contributed by atoms with E-state index >= 15 is 0 Å². The summed E-state index contributed by atoms with van der Waals surface area (Å²) in [4.78, 5) is 0. The number of hydrogen-bond acceptors (Lipinski definition) is 5. The first-order valence-electron chi connectivity index (χ1n) is 5.72. The molecule has 1 aromatic rings. The Bertz CT molecular complexity index is 343. The molecule has 0 spiro atoms. The Morgan fingerprint density at radius 2 is 2.38 bits per heavy atom. The highest BCUT2D eigenvalue weighted by atomic mass is 32.2. The Hall–Kier alpha value is -0.750. The lowest BCUT2D eigenvalue weighted by molar-refractivity contribution is 0.555. The van der Waals surface area contributed by atoms with E-state index in [9.17, 15) is 0 Å². The van der Waals surface area contributed by atoms with Crippen LogP contribution >= 0.6 is 11.8 Å². The summed E-state index contributed by atoms with van der Waals surface area (Å²) >= 11 is 1.76. The first-order chi connectivity index (χ1) is 7.68. The predicted octanol–water partition coefficient (Wildman–Crippen LogP) is 1.14. The number of rotatable bonds is 4. The van der Waals surface area contributed by atoms with Crippen LogP contribution in [-0.4, -0.2) is 33.6 Å². The van der Waals surface area contributed by atoms with Gasteiger partial charge in [0, 0.05) is 11.8 Å². The lowest BCUT2D eigenvalue weighted by Gasteiger charge is -2.12. The maximum atomic E-state index is 5.79. The zero-order valence-corrected chi connectivity index (χ0v) is 10.6. The van der Waals surface area contributed by atoms with Gasteiger partial charge in [0.15, 0.2) is 5.16 Å². The summed E-state index contributed by atoms with van der Waals surface area (Å²) in [5, 5.41) is 12.4. The van der Waals surface area contributed by atoms with Gasteiger partial charge in [-0.3, -0.25) is 4.57 Å². The van der Waals surface area contributed by atoms with Gasteiger partial charge >= 0.3 is 0 Å². The minimum Gasteiger partial charge on any atom is -0.368 e. The van der Waals surface area contributed by atoms with E-state index in [0.29, 0.717) is 12.0 Å². The predicted molar refractivity (Wildman–Crippen MR) is 66.5 cm³/mol. The average molecular weight is 241 g/mol. The third kappa shape index (κ3) is 2.49. The summed E-state index contributed by atoms with van der Waals surface area (Å²) in [5.74, 6) is 2.36. The fourth-order valence-corrected chi connectivity index (χ4v) is 3.13. The van der Waals surface area contributed by atoms with Crippen LogP contribution in [-0.2, 0) is 0 Å². The normalized spacial score (nSPS) is 20.8. The molecular weight excluding hydrogens is 222 g/mol. The first-order valence-corrected chi connectivity index (χ1v) is 6.71. The zero-order chi connectivity index (χ0) is 11.5. The van der Waals surface area contributed by atoms with E-state index in [-0.39, 0.29) is 0 Å². The van der Waals surface area contributed by atoms with Crippen molar-refractivity contribution in [3.8, 4) is 0 Å². The molecule has 1 fully saturated rings. The van der Waals surface area contributed by atoms with Gasteiger partial charge in [0.1, 0.15) is 0 Å². The van der Waals surface area contributed by atoms with Gasteiger partial charge in [-0.1, -0.05) is 11.8 Å². The van der Waals surface area contributed by atoms with Crippen molar-refractivity contribution in [1.29, 1.82) is 0 Å². The van der Waals surface area contributed by atoms with Gasteiger partial charge in [-0.25, -0.2) is 0 Å². The van der Waals surface area contributed by atoms with Crippen molar-refractivity contribution in [3.05, 3.63) is 0 Å². The minimum atomic E-state index is 0.319. The highest BCUT2D eigenvalue weighted by molar-refractivity contribution is 7.99. The van der Waals surface area contributed by atoms with Gasteiger partial charge < -0.3 is 11.1 Å². The Balaban J connectivity index is 1.97. The lowest BCUT2D eigenvalue weighted by Crippen LogP contribution is -2.11. The molecule has 0 saturated carbocycles. The van der Waals surface area contributed by atoms with Crippen LogP contribution in [0.3, 0.4) is 0 Å². The quantitative estimate of drug-likeness (QED) is 0.774. The standard InChI is InChI=1S/C10H19N5S/c1-7(2)15-9(11)13-14-10(15)16-6-8-3-4-12-5-8/h7-8,12H,3-6H2,1-2H3,(H2,11,13). The van der Waals surface area contributed by atoms with Crippen LogP contribution in [0.5, 0.6) is 0 Å². The second-order valence-corrected chi connectivity index (χ2v) is 5.46. The number of anilines is 1. The van der Waals surface area contributed by atoms with Crippen molar-refractivity contribution in [2.45, 2.75) is 31.5 Å². The van der Waals surface area contributed by atoms with E-state index in [1.807, 2.05) is 4.57 Å². The Morgan fingerprint density at radius 1 is 1.56 bits per heavy atom. The smallest absolute Gasteiger partial charge is 0.222 e. The summed E-state index contributed by atoms with van der Waals surface area (Å²) in [6, 6.07) is 0.319. The van der Waals surface area contributed by atoms with E-state index in [1.165, 1.54) is 6.42 Å². The van der Waals surface area contributed by atoms with Crippen LogP contribution in [0.15, 0.2) is 5.16 Å². The maximum Gasteiger partial charge on any atom is 0.222 e. The fraction of sp³-hybridized carbons (Fsp3) is 0.800. The number of nitrogen functional groups attached to an aromatic ring is 1. The van der Waals surface area contributed by atoms with Crippen molar-refractivity contribution < 1.29 is 0 Å². The van der Waals surface area contributed by atoms with Crippen molar-refractivity contribution >= 4 is 17.7 Å². The van der Waals surface area contributed by atoms with Crippen LogP contribution in [0.25, 0.3) is 0 Å². The molecule has 1 aliphatic rings. The topological polar surface area (TPSA) is 68.8 Å². The van der Waals surface area contributed by atoms with Crippen LogP contribution in [0.2, 0.25) is 0 Å². The molecule has 1 aromatic heterocycles. The molecule has 0 aliphatic carbocycles. The molecule has 1 unspecified atom stereocenters. The summed E-state index contributed by atoms with van der Waals surface area (Å²) in [6.07, 6.45) is 1.26. The summed E-state index contributed by atoms with van der Waals surface area (Å²) in [7, 11) is 0. The van der Waals surface area contributed by atoms with Crippen molar-refractivity contribution in [2.75, 3.05) is 24.6 Å². The number of hydrogen-bond donors (Lipinski definition) is 2. The summed E-state index contributed by atoms with van der Waals surface area (Å²) in [6.45, 7) is 6.46. The molecule has 16 heavy (non-hydrogen) atoms.